The highest BCUT2D eigenvalue weighted by Gasteiger charge is 2.23. The molecule has 2 rings (SSSR count). The van der Waals surface area contributed by atoms with Crippen LogP contribution in [0.3, 0.4) is 0 Å². The summed E-state index contributed by atoms with van der Waals surface area (Å²) < 4.78 is 0. The number of carbonyl (C=O) groups is 1. The molecular weight excluding hydrogens is 226 g/mol. The van der Waals surface area contributed by atoms with Crippen LogP contribution in [0, 0.1) is 0 Å². The summed E-state index contributed by atoms with van der Waals surface area (Å²) in [5, 5.41) is 3.18. The summed E-state index contributed by atoms with van der Waals surface area (Å²) in [4.78, 5) is 16.4. The highest BCUT2D eigenvalue weighted by Crippen LogP contribution is 2.17. The van der Waals surface area contributed by atoms with Crippen LogP contribution in [0.1, 0.15) is 32.1 Å². The van der Waals surface area contributed by atoms with E-state index in [1.807, 2.05) is 11.0 Å². The van der Waals surface area contributed by atoms with Crippen LogP contribution in [-0.2, 0) is 0 Å². The van der Waals surface area contributed by atoms with Crippen LogP contribution in [0.4, 0.5) is 4.79 Å². The predicted molar refractivity (Wildman–Crippen MR) is 73.6 cm³/mol. The van der Waals surface area contributed by atoms with E-state index >= 15 is 0 Å². The lowest BCUT2D eigenvalue weighted by molar-refractivity contribution is 0.142. The summed E-state index contributed by atoms with van der Waals surface area (Å²) in [7, 11) is 0. The smallest absolute Gasteiger partial charge is 0.317 e. The highest BCUT2D eigenvalue weighted by atomic mass is 16.2. The summed E-state index contributed by atoms with van der Waals surface area (Å²) in [5.41, 5.74) is 0. The van der Waals surface area contributed by atoms with Crippen molar-refractivity contribution in [3.63, 3.8) is 0 Å². The Balaban J connectivity index is 1.71. The summed E-state index contributed by atoms with van der Waals surface area (Å²) in [5.74, 6) is 0. The maximum Gasteiger partial charge on any atom is 0.317 e. The van der Waals surface area contributed by atoms with E-state index in [-0.39, 0.29) is 6.03 Å². The second-order valence-electron chi connectivity index (χ2n) is 5.36. The Morgan fingerprint density at radius 1 is 1.17 bits per heavy atom. The lowest BCUT2D eigenvalue weighted by Gasteiger charge is -2.35. The quantitative estimate of drug-likeness (QED) is 0.777. The lowest BCUT2D eigenvalue weighted by atomic mass is 9.96. The van der Waals surface area contributed by atoms with Gasteiger partial charge in [0.1, 0.15) is 0 Å². The topological polar surface area (TPSA) is 35.6 Å². The second-order valence-corrected chi connectivity index (χ2v) is 5.36. The van der Waals surface area contributed by atoms with Gasteiger partial charge in [0.15, 0.2) is 0 Å². The molecule has 0 bridgehead atoms. The van der Waals surface area contributed by atoms with Gasteiger partial charge in [0, 0.05) is 38.8 Å². The Kier molecular flexibility index (Phi) is 5.05. The molecule has 1 N–H and O–H groups in total. The van der Waals surface area contributed by atoms with Gasteiger partial charge in [0.05, 0.1) is 0 Å². The third kappa shape index (κ3) is 3.73. The molecule has 102 valence electrons. The molecule has 0 aromatic rings. The molecule has 2 amide bonds. The predicted octanol–water partition coefficient (Wildman–Crippen LogP) is 1.83. The molecule has 1 saturated carbocycles. The van der Waals surface area contributed by atoms with Crippen LogP contribution in [0.2, 0.25) is 0 Å². The first-order valence-corrected chi connectivity index (χ1v) is 7.18. The molecule has 4 nitrogen and oxygen atoms in total. The molecular formula is C14H25N3O. The van der Waals surface area contributed by atoms with Crippen molar-refractivity contribution in [1.82, 2.24) is 15.1 Å². The number of piperazine rings is 1. The van der Waals surface area contributed by atoms with Crippen molar-refractivity contribution in [2.45, 2.75) is 38.1 Å². The van der Waals surface area contributed by atoms with E-state index in [1.165, 1.54) is 19.3 Å². The lowest BCUT2D eigenvalue weighted by Crippen LogP contribution is -2.53. The Hall–Kier alpha value is -1.03. The van der Waals surface area contributed by atoms with Crippen molar-refractivity contribution in [2.24, 2.45) is 0 Å². The Labute approximate surface area is 110 Å². The number of hydrogen-bond donors (Lipinski definition) is 1. The minimum absolute atomic E-state index is 0.139. The van der Waals surface area contributed by atoms with E-state index in [1.54, 1.807) is 0 Å². The van der Waals surface area contributed by atoms with Gasteiger partial charge < -0.3 is 10.2 Å². The van der Waals surface area contributed by atoms with E-state index in [9.17, 15) is 4.79 Å². The summed E-state index contributed by atoms with van der Waals surface area (Å²) in [6, 6.07) is 0.553. The fraction of sp³-hybridized carbons (Fsp3) is 0.786. The van der Waals surface area contributed by atoms with Crippen LogP contribution >= 0.6 is 0 Å². The molecule has 0 unspecified atom stereocenters. The molecule has 0 aromatic heterocycles. The van der Waals surface area contributed by atoms with Gasteiger partial charge in [0.25, 0.3) is 0 Å². The highest BCUT2D eigenvalue weighted by molar-refractivity contribution is 5.74. The largest absolute Gasteiger partial charge is 0.335 e. The van der Waals surface area contributed by atoms with Crippen molar-refractivity contribution < 1.29 is 4.79 Å². The molecule has 4 heteroatoms. The average Bonchev–Trinajstić information content (AvgIpc) is 2.41. The molecule has 0 aromatic carbocycles. The van der Waals surface area contributed by atoms with E-state index in [0.717, 1.165) is 45.6 Å². The van der Waals surface area contributed by atoms with Crippen molar-refractivity contribution >= 4 is 6.03 Å². The minimum atomic E-state index is 0.139. The van der Waals surface area contributed by atoms with Gasteiger partial charge in [-0.05, 0) is 12.8 Å². The minimum Gasteiger partial charge on any atom is -0.335 e. The first-order chi connectivity index (χ1) is 8.79. The van der Waals surface area contributed by atoms with Crippen LogP contribution in [0.15, 0.2) is 12.7 Å². The van der Waals surface area contributed by atoms with Gasteiger partial charge in [0.2, 0.25) is 0 Å². The third-order valence-electron chi connectivity index (χ3n) is 3.98. The summed E-state index contributed by atoms with van der Waals surface area (Å²) in [6.07, 6.45) is 8.09. The molecule has 18 heavy (non-hydrogen) atoms. The number of nitrogens with one attached hydrogen (secondary N) is 1. The van der Waals surface area contributed by atoms with E-state index in [4.69, 9.17) is 0 Å². The first kappa shape index (κ1) is 13.4. The molecule has 0 atom stereocenters. The van der Waals surface area contributed by atoms with Gasteiger partial charge in [-0.25, -0.2) is 4.79 Å². The molecule has 1 aliphatic carbocycles. The first-order valence-electron chi connectivity index (χ1n) is 7.18. The zero-order chi connectivity index (χ0) is 12.8. The Morgan fingerprint density at radius 3 is 2.44 bits per heavy atom. The van der Waals surface area contributed by atoms with Gasteiger partial charge in [-0.2, -0.15) is 0 Å². The summed E-state index contributed by atoms with van der Waals surface area (Å²) >= 11 is 0. The van der Waals surface area contributed by atoms with Gasteiger partial charge in [-0.1, -0.05) is 25.3 Å². The van der Waals surface area contributed by atoms with E-state index in [0.29, 0.717) is 6.04 Å². The zero-order valence-electron chi connectivity index (χ0n) is 11.2. The van der Waals surface area contributed by atoms with Crippen molar-refractivity contribution in [2.75, 3.05) is 32.7 Å². The van der Waals surface area contributed by atoms with Crippen LogP contribution in [0.25, 0.3) is 0 Å². The molecule has 2 aliphatic rings. The summed E-state index contributed by atoms with van der Waals surface area (Å²) in [6.45, 7) is 8.28. The number of nitrogens with zero attached hydrogens (tertiary/aromatic N) is 2. The molecule has 0 radical (unpaired) electrons. The third-order valence-corrected chi connectivity index (χ3v) is 3.98. The van der Waals surface area contributed by atoms with Crippen LogP contribution < -0.4 is 5.32 Å². The maximum absolute atomic E-state index is 12.1. The van der Waals surface area contributed by atoms with Crippen LogP contribution in [0.5, 0.6) is 0 Å². The maximum atomic E-state index is 12.1. The standard InChI is InChI=1S/C14H25N3O/c1-2-8-16-9-11-17(12-10-16)14(18)15-13-6-4-3-5-7-13/h2,13H,1,3-12H2,(H,15,18). The van der Waals surface area contributed by atoms with Crippen molar-refractivity contribution in [3.8, 4) is 0 Å². The second kappa shape index (κ2) is 6.78. The van der Waals surface area contributed by atoms with Gasteiger partial charge >= 0.3 is 6.03 Å². The fourth-order valence-corrected chi connectivity index (χ4v) is 2.83. The van der Waals surface area contributed by atoms with Crippen LogP contribution in [-0.4, -0.2) is 54.6 Å². The molecule has 1 aliphatic heterocycles. The zero-order valence-corrected chi connectivity index (χ0v) is 11.2. The number of rotatable bonds is 3. The Morgan fingerprint density at radius 2 is 1.83 bits per heavy atom. The van der Waals surface area contributed by atoms with Crippen molar-refractivity contribution in [1.29, 1.82) is 0 Å². The van der Waals surface area contributed by atoms with Crippen molar-refractivity contribution in [3.05, 3.63) is 12.7 Å². The number of urea groups is 1. The molecule has 2 fully saturated rings. The monoisotopic (exact) mass is 251 g/mol. The van der Waals surface area contributed by atoms with E-state index < -0.39 is 0 Å². The van der Waals surface area contributed by atoms with E-state index in [2.05, 4.69) is 16.8 Å². The number of hydrogen-bond acceptors (Lipinski definition) is 2. The average molecular weight is 251 g/mol. The molecule has 0 spiro atoms. The Bertz CT molecular complexity index is 279. The fourth-order valence-electron chi connectivity index (χ4n) is 2.83. The number of carbonyl (C=O) groups excluding carboxylic acids is 1. The van der Waals surface area contributed by atoms with Gasteiger partial charge in [-0.3, -0.25) is 4.90 Å². The van der Waals surface area contributed by atoms with Gasteiger partial charge in [-0.15, -0.1) is 6.58 Å². The normalized spacial score (nSPS) is 22.8. The SMILES string of the molecule is C=CCN1CCN(C(=O)NC2CCCCC2)CC1. The molecule has 1 saturated heterocycles. The number of amides is 2. The molecule has 1 heterocycles.